The predicted molar refractivity (Wildman–Crippen MR) is 123 cm³/mol. The molecular formula is C24H23N3O6S. The third kappa shape index (κ3) is 4.78. The molecule has 3 amide bonds. The van der Waals surface area contributed by atoms with E-state index in [-0.39, 0.29) is 23.6 Å². The van der Waals surface area contributed by atoms with E-state index < -0.39 is 33.8 Å². The first-order valence-electron chi connectivity index (χ1n) is 10.5. The standard InChI is InChI=1S/C24H23N3O6S/c1-16-4-8-18(9-5-16)27-22(28)15-20(23(27)29)26(24(30)21-3-2-14-33-21)13-12-17-6-10-19(11-7-17)34(25,31)32/h2-11,14,20H,12-13,15H2,1H3,(H2,25,31,32). The van der Waals surface area contributed by atoms with Crippen molar-refractivity contribution in [3.05, 3.63) is 83.8 Å². The van der Waals surface area contributed by atoms with Crippen molar-refractivity contribution in [2.45, 2.75) is 30.7 Å². The number of carbonyl (C=O) groups excluding carboxylic acids is 3. The van der Waals surface area contributed by atoms with Crippen LogP contribution in [0.15, 0.2) is 76.2 Å². The summed E-state index contributed by atoms with van der Waals surface area (Å²) < 4.78 is 28.2. The van der Waals surface area contributed by atoms with Crippen LogP contribution in [0, 0.1) is 6.92 Å². The van der Waals surface area contributed by atoms with Gasteiger partial charge in [-0.3, -0.25) is 14.4 Å². The van der Waals surface area contributed by atoms with Crippen molar-refractivity contribution in [3.63, 3.8) is 0 Å². The fraction of sp³-hybridized carbons (Fsp3) is 0.208. The lowest BCUT2D eigenvalue weighted by atomic mass is 10.1. The van der Waals surface area contributed by atoms with E-state index in [0.29, 0.717) is 12.1 Å². The molecule has 0 spiro atoms. The van der Waals surface area contributed by atoms with E-state index >= 15 is 0 Å². The second-order valence-corrected chi connectivity index (χ2v) is 9.60. The van der Waals surface area contributed by atoms with Gasteiger partial charge in [-0.15, -0.1) is 0 Å². The molecule has 176 valence electrons. The second kappa shape index (κ2) is 9.24. The number of furan rings is 1. The Labute approximate surface area is 196 Å². The third-order valence-corrected chi connectivity index (χ3v) is 6.61. The number of nitrogens with zero attached hydrogens (tertiary/aromatic N) is 2. The summed E-state index contributed by atoms with van der Waals surface area (Å²) >= 11 is 0. The van der Waals surface area contributed by atoms with Gasteiger partial charge in [0.1, 0.15) is 6.04 Å². The maximum absolute atomic E-state index is 13.3. The van der Waals surface area contributed by atoms with Crippen molar-refractivity contribution in [1.29, 1.82) is 0 Å². The first kappa shape index (κ1) is 23.4. The molecule has 3 aromatic rings. The van der Waals surface area contributed by atoms with Crippen molar-refractivity contribution in [2.24, 2.45) is 5.14 Å². The van der Waals surface area contributed by atoms with Gasteiger partial charge in [-0.2, -0.15) is 0 Å². The van der Waals surface area contributed by atoms with Crippen LogP contribution in [0.4, 0.5) is 5.69 Å². The SMILES string of the molecule is Cc1ccc(N2C(=O)CC(N(CCc3ccc(S(N)(=O)=O)cc3)C(=O)c3ccco3)C2=O)cc1. The zero-order valence-corrected chi connectivity index (χ0v) is 19.2. The van der Waals surface area contributed by atoms with Gasteiger partial charge in [0.05, 0.1) is 23.3 Å². The van der Waals surface area contributed by atoms with Crippen molar-refractivity contribution < 1.29 is 27.2 Å². The highest BCUT2D eigenvalue weighted by atomic mass is 32.2. The Morgan fingerprint density at radius 3 is 2.35 bits per heavy atom. The van der Waals surface area contributed by atoms with Gasteiger partial charge in [0.15, 0.2) is 5.76 Å². The third-order valence-electron chi connectivity index (χ3n) is 5.68. The van der Waals surface area contributed by atoms with E-state index in [1.807, 2.05) is 6.92 Å². The van der Waals surface area contributed by atoms with Crippen molar-refractivity contribution in [2.75, 3.05) is 11.4 Å². The van der Waals surface area contributed by atoms with Crippen LogP contribution in [0.3, 0.4) is 0 Å². The summed E-state index contributed by atoms with van der Waals surface area (Å²) in [5.74, 6) is -1.34. The molecule has 0 saturated carbocycles. The molecule has 1 unspecified atom stereocenters. The number of nitrogens with two attached hydrogens (primary N) is 1. The number of anilines is 1. The summed E-state index contributed by atoms with van der Waals surface area (Å²) in [6.45, 7) is 2.01. The van der Waals surface area contributed by atoms with Crippen LogP contribution in [0.1, 0.15) is 28.1 Å². The zero-order valence-electron chi connectivity index (χ0n) is 18.4. The Hall–Kier alpha value is -3.76. The molecule has 1 saturated heterocycles. The Bertz CT molecular complexity index is 1320. The average Bonchev–Trinajstić information content (AvgIpc) is 3.43. The molecule has 1 aliphatic rings. The van der Waals surface area contributed by atoms with Crippen LogP contribution in [0.25, 0.3) is 0 Å². The van der Waals surface area contributed by atoms with E-state index in [4.69, 9.17) is 9.56 Å². The summed E-state index contributed by atoms with van der Waals surface area (Å²) in [5.41, 5.74) is 2.17. The molecule has 1 aromatic heterocycles. The number of carbonyl (C=O) groups is 3. The van der Waals surface area contributed by atoms with Gasteiger partial charge in [0, 0.05) is 6.54 Å². The Kier molecular flexibility index (Phi) is 6.36. The van der Waals surface area contributed by atoms with Gasteiger partial charge in [-0.05, 0) is 55.3 Å². The van der Waals surface area contributed by atoms with Crippen molar-refractivity contribution in [3.8, 4) is 0 Å². The van der Waals surface area contributed by atoms with Gasteiger partial charge in [-0.25, -0.2) is 18.5 Å². The Morgan fingerprint density at radius 1 is 1.09 bits per heavy atom. The molecule has 2 aromatic carbocycles. The van der Waals surface area contributed by atoms with Crippen LogP contribution in [-0.4, -0.2) is 43.6 Å². The molecular weight excluding hydrogens is 458 g/mol. The topological polar surface area (TPSA) is 131 Å². The van der Waals surface area contributed by atoms with Gasteiger partial charge in [-0.1, -0.05) is 29.8 Å². The van der Waals surface area contributed by atoms with E-state index in [1.165, 1.54) is 29.4 Å². The maximum Gasteiger partial charge on any atom is 0.290 e. The minimum absolute atomic E-state index is 0.0231. The number of imide groups is 1. The fourth-order valence-corrected chi connectivity index (χ4v) is 4.38. The smallest absolute Gasteiger partial charge is 0.290 e. The normalized spacial score (nSPS) is 16.2. The molecule has 0 radical (unpaired) electrons. The first-order valence-corrected chi connectivity index (χ1v) is 12.1. The molecule has 10 heteroatoms. The highest BCUT2D eigenvalue weighted by Gasteiger charge is 2.44. The fourth-order valence-electron chi connectivity index (χ4n) is 3.86. The molecule has 1 aliphatic heterocycles. The van der Waals surface area contributed by atoms with Crippen molar-refractivity contribution in [1.82, 2.24) is 4.90 Å². The highest BCUT2D eigenvalue weighted by Crippen LogP contribution is 2.27. The Balaban J connectivity index is 1.59. The van der Waals surface area contributed by atoms with E-state index in [9.17, 15) is 22.8 Å². The molecule has 2 heterocycles. The molecule has 0 bridgehead atoms. The number of hydrogen-bond donors (Lipinski definition) is 1. The van der Waals surface area contributed by atoms with Crippen LogP contribution >= 0.6 is 0 Å². The number of rotatable bonds is 7. The lowest BCUT2D eigenvalue weighted by molar-refractivity contribution is -0.122. The van der Waals surface area contributed by atoms with Crippen LogP contribution in [-0.2, 0) is 26.0 Å². The zero-order chi connectivity index (χ0) is 24.5. The Morgan fingerprint density at radius 2 is 1.76 bits per heavy atom. The number of primary sulfonamides is 1. The number of aryl methyl sites for hydroxylation is 1. The highest BCUT2D eigenvalue weighted by molar-refractivity contribution is 7.89. The van der Waals surface area contributed by atoms with Crippen LogP contribution < -0.4 is 10.0 Å². The van der Waals surface area contributed by atoms with E-state index in [0.717, 1.165) is 16.0 Å². The predicted octanol–water partition coefficient (Wildman–Crippen LogP) is 2.25. The van der Waals surface area contributed by atoms with Crippen molar-refractivity contribution >= 4 is 33.4 Å². The van der Waals surface area contributed by atoms with E-state index in [1.54, 1.807) is 42.5 Å². The van der Waals surface area contributed by atoms with Crippen LogP contribution in [0.2, 0.25) is 0 Å². The summed E-state index contributed by atoms with van der Waals surface area (Å²) in [5, 5.41) is 5.14. The largest absolute Gasteiger partial charge is 0.459 e. The summed E-state index contributed by atoms with van der Waals surface area (Å²) in [7, 11) is -3.82. The number of sulfonamides is 1. The minimum atomic E-state index is -3.82. The minimum Gasteiger partial charge on any atom is -0.459 e. The van der Waals surface area contributed by atoms with Gasteiger partial charge in [0.2, 0.25) is 15.9 Å². The lowest BCUT2D eigenvalue weighted by Crippen LogP contribution is -2.46. The molecule has 9 nitrogen and oxygen atoms in total. The maximum atomic E-state index is 13.3. The molecule has 2 N–H and O–H groups in total. The molecule has 4 rings (SSSR count). The van der Waals surface area contributed by atoms with Gasteiger partial charge < -0.3 is 9.32 Å². The summed E-state index contributed by atoms with van der Waals surface area (Å²) in [6, 6.07) is 15.0. The molecule has 1 atom stereocenters. The van der Waals surface area contributed by atoms with E-state index in [2.05, 4.69) is 0 Å². The van der Waals surface area contributed by atoms with Gasteiger partial charge in [0.25, 0.3) is 11.8 Å². The second-order valence-electron chi connectivity index (χ2n) is 8.04. The summed E-state index contributed by atoms with van der Waals surface area (Å²) in [6.07, 6.45) is 1.53. The van der Waals surface area contributed by atoms with Gasteiger partial charge >= 0.3 is 0 Å². The average molecular weight is 482 g/mol. The number of benzene rings is 2. The van der Waals surface area contributed by atoms with Crippen LogP contribution in [0.5, 0.6) is 0 Å². The lowest BCUT2D eigenvalue weighted by Gasteiger charge is -2.27. The monoisotopic (exact) mass is 481 g/mol. The molecule has 0 aliphatic carbocycles. The quantitative estimate of drug-likeness (QED) is 0.515. The number of amides is 3. The molecule has 34 heavy (non-hydrogen) atoms. The summed E-state index contributed by atoms with van der Waals surface area (Å²) in [4.78, 5) is 41.7. The molecule has 1 fully saturated rings. The first-order chi connectivity index (χ1) is 16.1. The number of hydrogen-bond acceptors (Lipinski definition) is 6.